The van der Waals surface area contributed by atoms with Gasteiger partial charge < -0.3 is 19.1 Å². The highest BCUT2D eigenvalue weighted by Crippen LogP contribution is 2.40. The minimum absolute atomic E-state index is 0.213. The molecule has 0 unspecified atom stereocenters. The molecule has 0 aliphatic carbocycles. The molecule has 2 heterocycles. The van der Waals surface area contributed by atoms with Crippen molar-refractivity contribution >= 4 is 26.8 Å². The van der Waals surface area contributed by atoms with Crippen LogP contribution in [0.5, 0.6) is 17.5 Å². The number of fused-ring (bicyclic) bond motifs is 1. The van der Waals surface area contributed by atoms with Gasteiger partial charge in [-0.25, -0.2) is 4.57 Å². The first kappa shape index (κ1) is 24.8. The van der Waals surface area contributed by atoms with E-state index < -0.39 is 0 Å². The van der Waals surface area contributed by atoms with Crippen LogP contribution in [0.2, 0.25) is 0 Å². The molecule has 0 fully saturated rings. The quantitative estimate of drug-likeness (QED) is 0.209. The average molecular weight is 581 g/mol. The van der Waals surface area contributed by atoms with Crippen molar-refractivity contribution in [2.45, 2.75) is 13.2 Å². The Balaban J connectivity index is 1.41. The van der Waals surface area contributed by atoms with Crippen LogP contribution >= 0.6 is 15.9 Å². The summed E-state index contributed by atoms with van der Waals surface area (Å²) >= 11 is 3.67. The number of aryl methyl sites for hydroxylation is 1. The summed E-state index contributed by atoms with van der Waals surface area (Å²) in [7, 11) is 2.00. The van der Waals surface area contributed by atoms with E-state index >= 15 is 0 Å². The number of hydrogen-bond acceptors (Lipinski definition) is 5. The summed E-state index contributed by atoms with van der Waals surface area (Å²) in [5.74, 6) is 1.63. The molecule has 6 rings (SSSR count). The maximum Gasteiger partial charge on any atom is 0.319 e. The SMILES string of the molecule is Cn1ccc2cc(-n3c(O)nnc3-c3cc(Br)c(OCc4ccccc4)cc3OCc3ccccc3)ccc21. The molecule has 39 heavy (non-hydrogen) atoms. The second kappa shape index (κ2) is 10.7. The maximum absolute atomic E-state index is 10.8. The van der Waals surface area contributed by atoms with E-state index in [1.54, 1.807) is 4.57 Å². The van der Waals surface area contributed by atoms with Crippen LogP contribution in [0, 0.1) is 0 Å². The fourth-order valence-corrected chi connectivity index (χ4v) is 4.96. The lowest BCUT2D eigenvalue weighted by Crippen LogP contribution is -2.03. The predicted octanol–water partition coefficient (Wildman–Crippen LogP) is 7.05. The van der Waals surface area contributed by atoms with Crippen LogP contribution in [0.15, 0.2) is 108 Å². The Morgan fingerprint density at radius 3 is 2.13 bits per heavy atom. The molecule has 0 saturated carbocycles. The Morgan fingerprint density at radius 1 is 0.769 bits per heavy atom. The van der Waals surface area contributed by atoms with Gasteiger partial charge in [0.05, 0.1) is 15.7 Å². The topological polar surface area (TPSA) is 74.3 Å². The normalized spacial score (nSPS) is 11.1. The van der Waals surface area contributed by atoms with Crippen molar-refractivity contribution in [1.29, 1.82) is 0 Å². The van der Waals surface area contributed by atoms with Crippen LogP contribution < -0.4 is 9.47 Å². The fourth-order valence-electron chi connectivity index (χ4n) is 4.51. The van der Waals surface area contributed by atoms with E-state index in [0.717, 1.165) is 32.2 Å². The van der Waals surface area contributed by atoms with Crippen LogP contribution in [0.3, 0.4) is 0 Å². The molecule has 7 nitrogen and oxygen atoms in total. The first-order valence-electron chi connectivity index (χ1n) is 12.4. The van der Waals surface area contributed by atoms with E-state index in [1.807, 2.05) is 115 Å². The van der Waals surface area contributed by atoms with Gasteiger partial charge in [0.15, 0.2) is 5.82 Å². The molecule has 2 aromatic heterocycles. The molecular weight excluding hydrogens is 556 g/mol. The van der Waals surface area contributed by atoms with E-state index in [4.69, 9.17) is 9.47 Å². The summed E-state index contributed by atoms with van der Waals surface area (Å²) in [6, 6.07) is 31.4. The van der Waals surface area contributed by atoms with Gasteiger partial charge in [0, 0.05) is 30.2 Å². The van der Waals surface area contributed by atoms with E-state index in [0.29, 0.717) is 36.1 Å². The molecule has 0 atom stereocenters. The number of rotatable bonds is 8. The summed E-state index contributed by atoms with van der Waals surface area (Å²) < 4.78 is 16.9. The predicted molar refractivity (Wildman–Crippen MR) is 154 cm³/mol. The van der Waals surface area contributed by atoms with Crippen molar-refractivity contribution in [3.05, 3.63) is 119 Å². The minimum atomic E-state index is -0.213. The third kappa shape index (κ3) is 5.11. The van der Waals surface area contributed by atoms with Crippen molar-refractivity contribution in [3.63, 3.8) is 0 Å². The molecule has 0 aliphatic rings. The smallest absolute Gasteiger partial charge is 0.319 e. The third-order valence-corrected chi connectivity index (χ3v) is 7.14. The van der Waals surface area contributed by atoms with E-state index in [2.05, 4.69) is 26.1 Å². The highest BCUT2D eigenvalue weighted by molar-refractivity contribution is 9.10. The second-order valence-corrected chi connectivity index (χ2v) is 10.0. The molecule has 4 aromatic carbocycles. The van der Waals surface area contributed by atoms with Gasteiger partial charge in [0.25, 0.3) is 0 Å². The van der Waals surface area contributed by atoms with Crippen LogP contribution in [0.1, 0.15) is 11.1 Å². The lowest BCUT2D eigenvalue weighted by atomic mass is 10.1. The molecular formula is C31H25BrN4O3. The van der Waals surface area contributed by atoms with Gasteiger partial charge in [-0.15, -0.1) is 5.10 Å². The Morgan fingerprint density at radius 2 is 1.44 bits per heavy atom. The molecule has 0 bridgehead atoms. The van der Waals surface area contributed by atoms with Crippen molar-refractivity contribution in [2.75, 3.05) is 0 Å². The van der Waals surface area contributed by atoms with Crippen molar-refractivity contribution < 1.29 is 14.6 Å². The molecule has 194 valence electrons. The number of aromatic hydroxyl groups is 1. The van der Waals surface area contributed by atoms with Gasteiger partial charge in [0.2, 0.25) is 0 Å². The molecule has 0 saturated heterocycles. The monoisotopic (exact) mass is 580 g/mol. The largest absolute Gasteiger partial charge is 0.488 e. The van der Waals surface area contributed by atoms with Gasteiger partial charge in [-0.3, -0.25) is 0 Å². The highest BCUT2D eigenvalue weighted by atomic mass is 79.9. The van der Waals surface area contributed by atoms with E-state index in [9.17, 15) is 5.11 Å². The lowest BCUT2D eigenvalue weighted by molar-refractivity contribution is 0.289. The van der Waals surface area contributed by atoms with Crippen LogP contribution in [0.25, 0.3) is 28.0 Å². The van der Waals surface area contributed by atoms with Crippen LogP contribution in [-0.2, 0) is 20.3 Å². The summed E-state index contributed by atoms with van der Waals surface area (Å²) in [5, 5.41) is 20.2. The summed E-state index contributed by atoms with van der Waals surface area (Å²) in [6.07, 6.45) is 2.00. The van der Waals surface area contributed by atoms with Gasteiger partial charge in [-0.05, 0) is 57.4 Å². The van der Waals surface area contributed by atoms with Crippen molar-refractivity contribution in [1.82, 2.24) is 19.3 Å². The summed E-state index contributed by atoms with van der Waals surface area (Å²) in [4.78, 5) is 0. The Hall–Kier alpha value is -4.56. The summed E-state index contributed by atoms with van der Waals surface area (Å²) in [6.45, 7) is 0.759. The van der Waals surface area contributed by atoms with E-state index in [-0.39, 0.29) is 6.01 Å². The maximum atomic E-state index is 10.8. The Bertz CT molecular complexity index is 1750. The van der Waals surface area contributed by atoms with Crippen molar-refractivity contribution in [2.24, 2.45) is 7.05 Å². The molecule has 8 heteroatoms. The fraction of sp³-hybridized carbons (Fsp3) is 0.0968. The zero-order chi connectivity index (χ0) is 26.8. The molecule has 0 spiro atoms. The van der Waals surface area contributed by atoms with Gasteiger partial charge in [-0.2, -0.15) is 0 Å². The highest BCUT2D eigenvalue weighted by Gasteiger charge is 2.22. The molecule has 1 N–H and O–H groups in total. The van der Waals surface area contributed by atoms with E-state index in [1.165, 1.54) is 0 Å². The van der Waals surface area contributed by atoms with Gasteiger partial charge in [0.1, 0.15) is 24.7 Å². The number of benzene rings is 4. The number of nitrogens with zero attached hydrogens (tertiary/aromatic N) is 4. The number of halogens is 1. The summed E-state index contributed by atoms with van der Waals surface area (Å²) in [5.41, 5.74) is 4.56. The third-order valence-electron chi connectivity index (χ3n) is 6.52. The van der Waals surface area contributed by atoms with Crippen molar-refractivity contribution in [3.8, 4) is 34.6 Å². The molecule has 0 aliphatic heterocycles. The molecule has 6 aromatic rings. The van der Waals surface area contributed by atoms with Gasteiger partial charge >= 0.3 is 6.01 Å². The van der Waals surface area contributed by atoms with Gasteiger partial charge in [-0.1, -0.05) is 65.8 Å². The lowest BCUT2D eigenvalue weighted by Gasteiger charge is -2.16. The molecule has 0 radical (unpaired) electrons. The Labute approximate surface area is 234 Å². The number of hydrogen-bond donors (Lipinski definition) is 1. The number of aromatic nitrogens is 4. The van der Waals surface area contributed by atoms with Crippen LogP contribution in [0.4, 0.5) is 0 Å². The zero-order valence-corrected chi connectivity index (χ0v) is 22.7. The minimum Gasteiger partial charge on any atom is -0.488 e. The second-order valence-electron chi connectivity index (χ2n) is 9.16. The first-order chi connectivity index (χ1) is 19.1. The zero-order valence-electron chi connectivity index (χ0n) is 21.2. The molecule has 0 amide bonds. The Kier molecular flexibility index (Phi) is 6.77. The standard InChI is InChI=1S/C31H25BrN4O3/c1-35-15-14-23-16-24(12-13-27(23)35)36-30(33-34-31(36)37)25-17-26(32)29(39-20-22-10-6-3-7-11-22)18-28(25)38-19-21-8-4-2-5-9-21/h2-18H,19-20H2,1H3,(H,34,37). The van der Waals surface area contributed by atoms with Crippen LogP contribution in [-0.4, -0.2) is 24.4 Å². The average Bonchev–Trinajstić information content (AvgIpc) is 3.54. The first-order valence-corrected chi connectivity index (χ1v) is 13.2. The number of ether oxygens (including phenoxy) is 2.